The van der Waals surface area contributed by atoms with Crippen LogP contribution in [0.1, 0.15) is 17.0 Å². The Balaban J connectivity index is 0.000000340. The average molecular weight is 487 g/mol. The molecule has 6 N–H and O–H groups in total. The molecular weight excluding hydrogens is 468 g/mol. The SMILES string of the molecule is COCc1cc(N)c2ncc(/C(N)=C(/C=C\N)C(F)(F)F)nc2n1.FC(F)(F)c1cccnc1. The normalized spacial score (nSPS) is 12.9. The first-order valence-electron chi connectivity index (χ1n) is 9.22. The number of halogens is 6. The molecule has 0 radical (unpaired) electrons. The fourth-order valence-electron chi connectivity index (χ4n) is 2.53. The lowest BCUT2D eigenvalue weighted by Crippen LogP contribution is -2.17. The van der Waals surface area contributed by atoms with E-state index in [9.17, 15) is 26.3 Å². The lowest BCUT2D eigenvalue weighted by molar-refractivity contribution is -0.137. The summed E-state index contributed by atoms with van der Waals surface area (Å²) in [6, 6.07) is 3.79. The van der Waals surface area contributed by atoms with Gasteiger partial charge in [-0.25, -0.2) is 15.0 Å². The van der Waals surface area contributed by atoms with Crippen molar-refractivity contribution in [2.45, 2.75) is 19.0 Å². The standard InChI is InChI=1S/C14H15F3N6O.C6H4F3N/c1-24-6-7-4-9(19)12-13(22-7)23-10(5-21-12)11(20)8(2-3-18)14(15,16)17;7-6(8,9)5-2-1-3-10-4-5/h2-5H,6,18,20H2,1H3,(H2,19,22,23);1-4H/b3-2-,11-8+;. The van der Waals surface area contributed by atoms with Gasteiger partial charge in [0.05, 0.1) is 41.0 Å². The summed E-state index contributed by atoms with van der Waals surface area (Å²) in [5, 5.41) is 0. The van der Waals surface area contributed by atoms with Crippen molar-refractivity contribution in [2.75, 3.05) is 12.8 Å². The van der Waals surface area contributed by atoms with Crippen molar-refractivity contribution in [3.05, 3.63) is 71.6 Å². The molecule has 3 heterocycles. The van der Waals surface area contributed by atoms with Gasteiger partial charge < -0.3 is 21.9 Å². The van der Waals surface area contributed by atoms with E-state index in [2.05, 4.69) is 19.9 Å². The van der Waals surface area contributed by atoms with Crippen molar-refractivity contribution in [3.63, 3.8) is 0 Å². The molecule has 0 aliphatic heterocycles. The van der Waals surface area contributed by atoms with Gasteiger partial charge in [-0.1, -0.05) is 0 Å². The van der Waals surface area contributed by atoms with E-state index in [1.807, 2.05) is 0 Å². The van der Waals surface area contributed by atoms with Crippen LogP contribution in [0.2, 0.25) is 0 Å². The minimum Gasteiger partial charge on any atom is -0.405 e. The molecule has 3 aromatic heterocycles. The molecule has 0 saturated heterocycles. The summed E-state index contributed by atoms with van der Waals surface area (Å²) in [6.07, 6.45) is -4.37. The molecule has 0 aliphatic rings. The molecule has 0 amide bonds. The first-order chi connectivity index (χ1) is 15.9. The van der Waals surface area contributed by atoms with Gasteiger partial charge in [-0.05, 0) is 30.5 Å². The number of anilines is 1. The number of methoxy groups -OCH3 is 1. The Labute approximate surface area is 189 Å². The number of fused-ring (bicyclic) bond motifs is 1. The largest absolute Gasteiger partial charge is 0.418 e. The molecular formula is C20H19F6N7O. The van der Waals surface area contributed by atoms with Crippen molar-refractivity contribution in [1.82, 2.24) is 19.9 Å². The molecule has 8 nitrogen and oxygen atoms in total. The first kappa shape index (κ1) is 26.3. The maximum absolute atomic E-state index is 13.0. The Hall–Kier alpha value is -3.94. The smallest absolute Gasteiger partial charge is 0.405 e. The Morgan fingerprint density at radius 1 is 1.12 bits per heavy atom. The van der Waals surface area contributed by atoms with Gasteiger partial charge in [0.1, 0.15) is 11.2 Å². The second-order valence-corrected chi connectivity index (χ2v) is 6.49. The Bertz CT molecular complexity index is 1180. The Kier molecular flexibility index (Phi) is 8.35. The zero-order valence-corrected chi connectivity index (χ0v) is 17.5. The van der Waals surface area contributed by atoms with Gasteiger partial charge in [0.15, 0.2) is 5.65 Å². The summed E-state index contributed by atoms with van der Waals surface area (Å²) >= 11 is 0. The molecule has 3 rings (SSSR count). The predicted molar refractivity (Wildman–Crippen MR) is 112 cm³/mol. The molecule has 182 valence electrons. The Morgan fingerprint density at radius 3 is 2.32 bits per heavy atom. The number of rotatable bonds is 4. The fourth-order valence-corrected chi connectivity index (χ4v) is 2.53. The third-order valence-electron chi connectivity index (χ3n) is 4.01. The van der Waals surface area contributed by atoms with Crippen LogP contribution >= 0.6 is 0 Å². The van der Waals surface area contributed by atoms with E-state index < -0.39 is 29.2 Å². The quantitative estimate of drug-likeness (QED) is 0.375. The summed E-state index contributed by atoms with van der Waals surface area (Å²) < 4.78 is 79.3. The van der Waals surface area contributed by atoms with Crippen LogP contribution < -0.4 is 17.2 Å². The van der Waals surface area contributed by atoms with Gasteiger partial charge in [-0.2, -0.15) is 26.3 Å². The highest BCUT2D eigenvalue weighted by Crippen LogP contribution is 2.31. The van der Waals surface area contributed by atoms with Crippen molar-refractivity contribution in [2.24, 2.45) is 11.5 Å². The van der Waals surface area contributed by atoms with Gasteiger partial charge in [0, 0.05) is 19.5 Å². The lowest BCUT2D eigenvalue weighted by atomic mass is 10.1. The maximum atomic E-state index is 13.0. The van der Waals surface area contributed by atoms with Crippen molar-refractivity contribution in [1.29, 1.82) is 0 Å². The third kappa shape index (κ3) is 6.78. The average Bonchev–Trinajstić information content (AvgIpc) is 2.76. The number of nitrogens with two attached hydrogens (primary N) is 3. The summed E-state index contributed by atoms with van der Waals surface area (Å²) in [7, 11) is 1.47. The van der Waals surface area contributed by atoms with Crippen molar-refractivity contribution < 1.29 is 31.1 Å². The van der Waals surface area contributed by atoms with E-state index in [1.54, 1.807) is 6.07 Å². The summed E-state index contributed by atoms with van der Waals surface area (Å²) in [4.78, 5) is 15.5. The molecule has 0 fully saturated rings. The van der Waals surface area contributed by atoms with Crippen LogP contribution in [0.25, 0.3) is 16.9 Å². The molecule has 0 aliphatic carbocycles. The third-order valence-corrected chi connectivity index (χ3v) is 4.01. The summed E-state index contributed by atoms with van der Waals surface area (Å²) in [5.41, 5.74) is 14.9. The zero-order chi connectivity index (χ0) is 25.5. The lowest BCUT2D eigenvalue weighted by Gasteiger charge is -2.12. The number of alkyl halides is 6. The molecule has 14 heteroatoms. The molecule has 0 unspecified atom stereocenters. The van der Waals surface area contributed by atoms with Crippen LogP contribution in [0.4, 0.5) is 32.0 Å². The minimum atomic E-state index is -4.69. The number of nitrogens with zero attached hydrogens (tertiary/aromatic N) is 4. The number of nitrogen functional groups attached to an aromatic ring is 1. The van der Waals surface area contributed by atoms with Crippen LogP contribution in [0.3, 0.4) is 0 Å². The number of allylic oxidation sites excluding steroid dienone is 2. The second kappa shape index (κ2) is 10.8. The number of pyridine rings is 2. The molecule has 0 saturated carbocycles. The van der Waals surface area contributed by atoms with E-state index in [0.717, 1.165) is 24.7 Å². The topological polar surface area (TPSA) is 139 Å². The van der Waals surface area contributed by atoms with Gasteiger partial charge in [0.2, 0.25) is 0 Å². The van der Waals surface area contributed by atoms with Crippen LogP contribution in [0.15, 0.2) is 54.6 Å². The minimum absolute atomic E-state index is 0.0701. The highest BCUT2D eigenvalue weighted by Gasteiger charge is 2.35. The van der Waals surface area contributed by atoms with Gasteiger partial charge in [-0.15, -0.1) is 0 Å². The molecule has 34 heavy (non-hydrogen) atoms. The van der Waals surface area contributed by atoms with Gasteiger partial charge >= 0.3 is 12.4 Å². The monoisotopic (exact) mass is 487 g/mol. The highest BCUT2D eigenvalue weighted by molar-refractivity contribution is 5.84. The van der Waals surface area contributed by atoms with E-state index in [4.69, 9.17) is 21.9 Å². The first-order valence-corrected chi connectivity index (χ1v) is 9.22. The van der Waals surface area contributed by atoms with Crippen LogP contribution in [0.5, 0.6) is 0 Å². The zero-order valence-electron chi connectivity index (χ0n) is 17.5. The molecule has 0 bridgehead atoms. The number of hydrogen-bond acceptors (Lipinski definition) is 8. The molecule has 0 atom stereocenters. The van der Waals surface area contributed by atoms with Gasteiger partial charge in [-0.3, -0.25) is 4.98 Å². The maximum Gasteiger partial charge on any atom is 0.418 e. The van der Waals surface area contributed by atoms with E-state index in [1.165, 1.54) is 19.4 Å². The van der Waals surface area contributed by atoms with E-state index in [-0.39, 0.29) is 29.2 Å². The number of hydrogen-bond donors (Lipinski definition) is 3. The van der Waals surface area contributed by atoms with E-state index >= 15 is 0 Å². The summed E-state index contributed by atoms with van der Waals surface area (Å²) in [6.45, 7) is 0.168. The Morgan fingerprint density at radius 2 is 1.82 bits per heavy atom. The fraction of sp³-hybridized carbons (Fsp3) is 0.200. The van der Waals surface area contributed by atoms with Crippen LogP contribution in [-0.2, 0) is 17.5 Å². The molecule has 3 aromatic rings. The summed E-state index contributed by atoms with van der Waals surface area (Å²) in [5.74, 6) is 0. The number of aromatic nitrogens is 4. The number of ether oxygens (including phenoxy) is 1. The predicted octanol–water partition coefficient (Wildman–Crippen LogP) is 3.56. The van der Waals surface area contributed by atoms with Crippen molar-refractivity contribution >= 4 is 22.5 Å². The second-order valence-electron chi connectivity index (χ2n) is 6.49. The van der Waals surface area contributed by atoms with Gasteiger partial charge in [0.25, 0.3) is 0 Å². The van der Waals surface area contributed by atoms with E-state index in [0.29, 0.717) is 11.8 Å². The van der Waals surface area contributed by atoms with Crippen LogP contribution in [0, 0.1) is 0 Å². The highest BCUT2D eigenvalue weighted by atomic mass is 19.4. The molecule has 0 aromatic carbocycles. The molecule has 0 spiro atoms. The van der Waals surface area contributed by atoms with Crippen LogP contribution in [-0.4, -0.2) is 33.2 Å². The van der Waals surface area contributed by atoms with Crippen molar-refractivity contribution in [3.8, 4) is 0 Å².